The molecule has 0 amide bonds. The number of rotatable bonds is 3. The summed E-state index contributed by atoms with van der Waals surface area (Å²) in [4.78, 5) is 12.1. The normalized spacial score (nSPS) is 11.1. The highest BCUT2D eigenvalue weighted by Crippen LogP contribution is 2.26. The lowest BCUT2D eigenvalue weighted by molar-refractivity contribution is 0.145. The van der Waals surface area contributed by atoms with Gasteiger partial charge >= 0.3 is 0 Å². The Morgan fingerprint density at radius 2 is 2.13 bits per heavy atom. The molecule has 3 rings (SSSR count). The van der Waals surface area contributed by atoms with Gasteiger partial charge < -0.3 is 5.73 Å². The highest BCUT2D eigenvalue weighted by Gasteiger charge is 2.19. The van der Waals surface area contributed by atoms with Crippen molar-refractivity contribution in [3.63, 3.8) is 0 Å². The van der Waals surface area contributed by atoms with Crippen LogP contribution < -0.4 is 5.73 Å². The number of nitrogens with two attached hydrogens (primary N) is 1. The highest BCUT2D eigenvalue weighted by molar-refractivity contribution is 5.85. The molecule has 0 aromatic carbocycles. The summed E-state index contributed by atoms with van der Waals surface area (Å²) in [6, 6.07) is 0. The Balaban J connectivity index is 2.06. The van der Waals surface area contributed by atoms with Gasteiger partial charge in [-0.1, -0.05) is 5.92 Å². The Kier molecular flexibility index (Phi) is 3.57. The molecule has 7 nitrogen and oxygen atoms in total. The topological polar surface area (TPSA) is 104 Å². The molecule has 0 aliphatic carbocycles. The summed E-state index contributed by atoms with van der Waals surface area (Å²) in [6.07, 6.45) is 3.68. The average molecular weight is 316 g/mol. The van der Waals surface area contributed by atoms with Gasteiger partial charge in [-0.05, 0) is 17.2 Å². The van der Waals surface area contributed by atoms with Gasteiger partial charge in [0, 0.05) is 23.9 Å². The molecule has 0 atom stereocenters. The van der Waals surface area contributed by atoms with Gasteiger partial charge in [0.25, 0.3) is 6.43 Å². The molecule has 9 heteroatoms. The molecule has 0 aliphatic heterocycles. The molecule has 23 heavy (non-hydrogen) atoms. The van der Waals surface area contributed by atoms with Crippen molar-refractivity contribution >= 4 is 16.9 Å². The maximum absolute atomic E-state index is 13.0. The van der Waals surface area contributed by atoms with E-state index >= 15 is 0 Å². The van der Waals surface area contributed by atoms with E-state index in [4.69, 9.17) is 12.2 Å². The summed E-state index contributed by atoms with van der Waals surface area (Å²) >= 11 is 0. The van der Waals surface area contributed by atoms with Crippen molar-refractivity contribution in [2.75, 3.05) is 5.73 Å². The van der Waals surface area contributed by atoms with Crippen molar-refractivity contribution in [1.82, 2.24) is 25.3 Å². The average Bonchev–Trinajstić information content (AvgIpc) is 2.99. The number of fused-ring (bicyclic) bond motifs is 1. The van der Waals surface area contributed by atoms with E-state index in [1.54, 1.807) is 6.92 Å². The molecular weight excluding hydrogens is 306 g/mol. The van der Waals surface area contributed by atoms with Gasteiger partial charge in [0.05, 0.1) is 11.3 Å². The van der Waals surface area contributed by atoms with E-state index in [1.165, 1.54) is 6.20 Å². The predicted octanol–water partition coefficient (Wildman–Crippen LogP) is 1.81. The molecule has 0 unspecified atom stereocenters. The number of anilines is 1. The van der Waals surface area contributed by atoms with E-state index in [1.807, 2.05) is 0 Å². The van der Waals surface area contributed by atoms with E-state index in [2.05, 4.69) is 35.8 Å². The van der Waals surface area contributed by atoms with Crippen LogP contribution in [-0.4, -0.2) is 25.3 Å². The van der Waals surface area contributed by atoms with Crippen LogP contribution in [0.3, 0.4) is 0 Å². The van der Waals surface area contributed by atoms with Crippen molar-refractivity contribution in [2.24, 2.45) is 0 Å². The molecular formula is C14H10F2N6O. The number of hydrogen-bond donors (Lipinski definition) is 1. The minimum absolute atomic E-state index is 0.0391. The molecule has 0 bridgehead atoms. The van der Waals surface area contributed by atoms with Crippen LogP contribution in [0, 0.1) is 19.3 Å². The van der Waals surface area contributed by atoms with Crippen LogP contribution in [0.5, 0.6) is 0 Å². The minimum Gasteiger partial charge on any atom is -0.396 e. The molecule has 3 heterocycles. The highest BCUT2D eigenvalue weighted by atomic mass is 19.3. The number of pyridine rings is 1. The van der Waals surface area contributed by atoms with Crippen LogP contribution in [0.1, 0.15) is 34.8 Å². The van der Waals surface area contributed by atoms with E-state index in [0.717, 1.165) is 0 Å². The number of hydrogen-bond acceptors (Lipinski definition) is 7. The van der Waals surface area contributed by atoms with Crippen LogP contribution in [0.15, 0.2) is 10.8 Å². The van der Waals surface area contributed by atoms with Crippen LogP contribution >= 0.6 is 0 Å². The van der Waals surface area contributed by atoms with Gasteiger partial charge in [0.2, 0.25) is 5.65 Å². The third kappa shape index (κ3) is 2.55. The molecule has 0 spiro atoms. The molecule has 0 saturated carbocycles. The molecule has 116 valence electrons. The lowest BCUT2D eigenvalue weighted by atomic mass is 10.1. The first-order valence-corrected chi connectivity index (χ1v) is 6.49. The van der Waals surface area contributed by atoms with Gasteiger partial charge in [-0.3, -0.25) is 0 Å². The van der Waals surface area contributed by atoms with Crippen LogP contribution in [0.25, 0.3) is 11.2 Å². The fourth-order valence-electron chi connectivity index (χ4n) is 2.17. The second-order valence-electron chi connectivity index (χ2n) is 4.73. The summed E-state index contributed by atoms with van der Waals surface area (Å²) in [5.74, 6) is 2.30. The first-order chi connectivity index (χ1) is 11.0. The number of alkyl halides is 2. The van der Waals surface area contributed by atoms with Crippen molar-refractivity contribution < 1.29 is 13.4 Å². The summed E-state index contributed by atoms with van der Waals surface area (Å²) < 4.78 is 30.6. The number of nitrogen functional groups attached to an aromatic ring is 1. The van der Waals surface area contributed by atoms with Gasteiger partial charge in [-0.15, -0.1) is 6.42 Å². The van der Waals surface area contributed by atoms with Crippen LogP contribution in [0.2, 0.25) is 0 Å². The number of aryl methyl sites for hydroxylation is 1. The van der Waals surface area contributed by atoms with E-state index in [9.17, 15) is 8.78 Å². The van der Waals surface area contributed by atoms with Crippen molar-refractivity contribution in [1.29, 1.82) is 0 Å². The van der Waals surface area contributed by atoms with E-state index in [-0.39, 0.29) is 23.5 Å². The van der Waals surface area contributed by atoms with Gasteiger partial charge in [-0.2, -0.15) is 0 Å². The van der Waals surface area contributed by atoms with E-state index in [0.29, 0.717) is 22.5 Å². The van der Waals surface area contributed by atoms with Crippen LogP contribution in [-0.2, 0) is 6.42 Å². The number of nitrogens with zero attached hydrogens (tertiary/aromatic N) is 5. The Morgan fingerprint density at radius 1 is 1.35 bits per heavy atom. The van der Waals surface area contributed by atoms with Crippen molar-refractivity contribution in [3.8, 4) is 12.3 Å². The number of halogens is 2. The van der Waals surface area contributed by atoms with Gasteiger partial charge in [-0.25, -0.2) is 28.4 Å². The van der Waals surface area contributed by atoms with Crippen molar-refractivity contribution in [2.45, 2.75) is 19.8 Å². The first-order valence-electron chi connectivity index (χ1n) is 6.49. The zero-order chi connectivity index (χ0) is 16.6. The summed E-state index contributed by atoms with van der Waals surface area (Å²) in [7, 11) is 0. The molecule has 3 aromatic rings. The standard InChI is InChI=1S/C14H10F2N6O/c1-3-7-5-18-9(20-11(7)13(15)16)4-8-6(2)19-14-12(10(8)17)21-23-22-14/h1,5,13H,4,17H2,2H3. The Bertz CT molecular complexity index is 931. The molecule has 0 radical (unpaired) electrons. The van der Waals surface area contributed by atoms with E-state index < -0.39 is 12.1 Å². The van der Waals surface area contributed by atoms with Crippen molar-refractivity contribution in [3.05, 3.63) is 34.5 Å². The zero-order valence-corrected chi connectivity index (χ0v) is 11.9. The maximum Gasteiger partial charge on any atom is 0.281 e. The largest absolute Gasteiger partial charge is 0.396 e. The third-order valence-corrected chi connectivity index (χ3v) is 3.33. The fraction of sp³-hybridized carbons (Fsp3) is 0.214. The molecule has 0 aliphatic rings. The molecule has 2 N–H and O–H groups in total. The SMILES string of the molecule is C#Cc1cnc(Cc2c(C)nc3nonc3c2N)nc1C(F)F. The summed E-state index contributed by atoms with van der Waals surface area (Å²) in [5.41, 5.74) is 7.53. The first kappa shape index (κ1) is 14.8. The monoisotopic (exact) mass is 316 g/mol. The maximum atomic E-state index is 13.0. The predicted molar refractivity (Wildman–Crippen MR) is 76.5 cm³/mol. The Hall–Kier alpha value is -3.15. The summed E-state index contributed by atoms with van der Waals surface area (Å²) in [6.45, 7) is 1.71. The van der Waals surface area contributed by atoms with Crippen LogP contribution in [0.4, 0.5) is 14.5 Å². The minimum atomic E-state index is -2.79. The number of aromatic nitrogens is 5. The lowest BCUT2D eigenvalue weighted by Gasteiger charge is -2.09. The second kappa shape index (κ2) is 5.57. The number of terminal acetylenes is 1. The fourth-order valence-corrected chi connectivity index (χ4v) is 2.17. The molecule has 3 aromatic heterocycles. The third-order valence-electron chi connectivity index (χ3n) is 3.33. The Labute approximate surface area is 128 Å². The lowest BCUT2D eigenvalue weighted by Crippen LogP contribution is -2.07. The zero-order valence-electron chi connectivity index (χ0n) is 11.9. The molecule has 0 saturated heterocycles. The second-order valence-corrected chi connectivity index (χ2v) is 4.73. The molecule has 0 fully saturated rings. The van der Waals surface area contributed by atoms with Gasteiger partial charge in [0.1, 0.15) is 11.5 Å². The Morgan fingerprint density at radius 3 is 2.83 bits per heavy atom. The smallest absolute Gasteiger partial charge is 0.281 e. The summed E-state index contributed by atoms with van der Waals surface area (Å²) in [5, 5.41) is 7.29. The quantitative estimate of drug-likeness (QED) is 0.735. The van der Waals surface area contributed by atoms with Gasteiger partial charge in [0.15, 0.2) is 5.52 Å².